The quantitative estimate of drug-likeness (QED) is 0.761. The summed E-state index contributed by atoms with van der Waals surface area (Å²) in [5, 5.41) is 9.13. The van der Waals surface area contributed by atoms with Crippen LogP contribution < -0.4 is 0 Å². The predicted molar refractivity (Wildman–Crippen MR) is 60.9 cm³/mol. The van der Waals surface area contributed by atoms with E-state index >= 15 is 0 Å². The highest BCUT2D eigenvalue weighted by atomic mass is 16.4. The van der Waals surface area contributed by atoms with E-state index in [0.29, 0.717) is 5.92 Å². The molecule has 0 bridgehead atoms. The molecule has 15 heavy (non-hydrogen) atoms. The van der Waals surface area contributed by atoms with E-state index in [0.717, 1.165) is 26.1 Å². The third-order valence-corrected chi connectivity index (χ3v) is 3.03. The molecule has 1 heterocycles. The maximum absolute atomic E-state index is 11.1. The van der Waals surface area contributed by atoms with Gasteiger partial charge in [0.15, 0.2) is 0 Å². The molecule has 88 valence electrons. The highest BCUT2D eigenvalue weighted by Gasteiger charge is 2.22. The van der Waals surface area contributed by atoms with Crippen molar-refractivity contribution in [3.63, 3.8) is 0 Å². The van der Waals surface area contributed by atoms with Crippen LogP contribution in [0.25, 0.3) is 0 Å². The van der Waals surface area contributed by atoms with Crippen LogP contribution in [0.1, 0.15) is 39.5 Å². The van der Waals surface area contributed by atoms with E-state index in [2.05, 4.69) is 18.7 Å². The van der Waals surface area contributed by atoms with Crippen LogP contribution in [0.15, 0.2) is 0 Å². The van der Waals surface area contributed by atoms with Gasteiger partial charge < -0.3 is 10.0 Å². The zero-order valence-corrected chi connectivity index (χ0v) is 9.91. The molecule has 1 atom stereocenters. The minimum atomic E-state index is -0.630. The zero-order valence-electron chi connectivity index (χ0n) is 9.91. The van der Waals surface area contributed by atoms with Gasteiger partial charge in [0, 0.05) is 6.54 Å². The Morgan fingerprint density at radius 1 is 1.27 bits per heavy atom. The van der Waals surface area contributed by atoms with Gasteiger partial charge in [0.05, 0.1) is 5.92 Å². The van der Waals surface area contributed by atoms with Crippen molar-refractivity contribution in [1.29, 1.82) is 0 Å². The van der Waals surface area contributed by atoms with Crippen LogP contribution in [-0.2, 0) is 4.79 Å². The number of piperidine rings is 1. The molecule has 1 N–H and O–H groups in total. The van der Waals surface area contributed by atoms with E-state index in [1.54, 1.807) is 0 Å². The molecule has 1 saturated heterocycles. The van der Waals surface area contributed by atoms with E-state index in [-0.39, 0.29) is 5.92 Å². The molecule has 1 rings (SSSR count). The van der Waals surface area contributed by atoms with Gasteiger partial charge in [0.25, 0.3) is 0 Å². The summed E-state index contributed by atoms with van der Waals surface area (Å²) in [6, 6.07) is 0. The van der Waals surface area contributed by atoms with Crippen LogP contribution in [-0.4, -0.2) is 35.6 Å². The summed E-state index contributed by atoms with van der Waals surface area (Å²) >= 11 is 0. The molecular formula is C12H23NO2. The number of rotatable bonds is 5. The lowest BCUT2D eigenvalue weighted by atomic mass is 9.96. The fraction of sp³-hybridized carbons (Fsp3) is 0.917. The topological polar surface area (TPSA) is 40.5 Å². The van der Waals surface area contributed by atoms with E-state index in [1.807, 2.05) is 0 Å². The molecule has 1 aliphatic heterocycles. The third kappa shape index (κ3) is 4.65. The van der Waals surface area contributed by atoms with Gasteiger partial charge >= 0.3 is 5.97 Å². The van der Waals surface area contributed by atoms with Gasteiger partial charge in [-0.1, -0.05) is 20.3 Å². The first kappa shape index (κ1) is 12.5. The Kier molecular flexibility index (Phi) is 5.09. The van der Waals surface area contributed by atoms with E-state index < -0.39 is 5.97 Å². The first-order valence-corrected chi connectivity index (χ1v) is 6.04. The fourth-order valence-electron chi connectivity index (χ4n) is 2.28. The summed E-state index contributed by atoms with van der Waals surface area (Å²) in [7, 11) is 0. The number of likely N-dealkylation sites (tertiary alicyclic amines) is 1. The monoisotopic (exact) mass is 213 g/mol. The van der Waals surface area contributed by atoms with Gasteiger partial charge in [-0.2, -0.15) is 0 Å². The number of aliphatic carboxylic acids is 1. The minimum Gasteiger partial charge on any atom is -0.481 e. The number of carbonyl (C=O) groups is 1. The third-order valence-electron chi connectivity index (χ3n) is 3.03. The first-order valence-electron chi connectivity index (χ1n) is 6.04. The molecule has 0 radical (unpaired) electrons. The second-order valence-corrected chi connectivity index (χ2v) is 5.03. The molecule has 0 aromatic carbocycles. The number of nitrogens with zero attached hydrogens (tertiary/aromatic N) is 1. The number of hydrogen-bond acceptors (Lipinski definition) is 2. The summed E-state index contributed by atoms with van der Waals surface area (Å²) in [4.78, 5) is 13.4. The standard InChI is InChI=1S/C12H23NO2/c1-10(2)8-11(12(14)15)9-13-6-4-3-5-7-13/h10-11H,3-9H2,1-2H3,(H,14,15). The largest absolute Gasteiger partial charge is 0.481 e. The van der Waals surface area contributed by atoms with Crippen molar-refractivity contribution < 1.29 is 9.90 Å². The second kappa shape index (κ2) is 6.11. The summed E-state index contributed by atoms with van der Waals surface area (Å²) in [6.45, 7) is 7.09. The molecule has 1 unspecified atom stereocenters. The van der Waals surface area contributed by atoms with Crippen molar-refractivity contribution in [3.8, 4) is 0 Å². The highest BCUT2D eigenvalue weighted by molar-refractivity contribution is 5.70. The molecule has 3 heteroatoms. The zero-order chi connectivity index (χ0) is 11.3. The van der Waals surface area contributed by atoms with Crippen LogP contribution in [0.4, 0.5) is 0 Å². The Bertz CT molecular complexity index is 198. The number of hydrogen-bond donors (Lipinski definition) is 1. The summed E-state index contributed by atoms with van der Waals surface area (Å²) in [5.41, 5.74) is 0. The first-order chi connectivity index (χ1) is 7.09. The van der Waals surface area contributed by atoms with E-state index in [1.165, 1.54) is 19.3 Å². The molecule has 3 nitrogen and oxygen atoms in total. The van der Waals surface area contributed by atoms with Crippen molar-refractivity contribution >= 4 is 5.97 Å². The Morgan fingerprint density at radius 2 is 1.87 bits per heavy atom. The summed E-state index contributed by atoms with van der Waals surface area (Å²) < 4.78 is 0. The smallest absolute Gasteiger partial charge is 0.307 e. The van der Waals surface area contributed by atoms with Crippen molar-refractivity contribution in [2.24, 2.45) is 11.8 Å². The molecule has 1 aliphatic rings. The summed E-state index contributed by atoms with van der Waals surface area (Å²) in [5.74, 6) is -0.340. The Balaban J connectivity index is 2.38. The van der Waals surface area contributed by atoms with Gasteiger partial charge in [0.1, 0.15) is 0 Å². The van der Waals surface area contributed by atoms with Gasteiger partial charge in [0.2, 0.25) is 0 Å². The van der Waals surface area contributed by atoms with Crippen molar-refractivity contribution in [3.05, 3.63) is 0 Å². The molecule has 0 aromatic heterocycles. The SMILES string of the molecule is CC(C)CC(CN1CCCCC1)C(=O)O. The van der Waals surface area contributed by atoms with E-state index in [4.69, 9.17) is 5.11 Å². The average Bonchev–Trinajstić information content (AvgIpc) is 2.17. The van der Waals surface area contributed by atoms with Crippen molar-refractivity contribution in [2.45, 2.75) is 39.5 Å². The van der Waals surface area contributed by atoms with Crippen LogP contribution in [0.5, 0.6) is 0 Å². The Hall–Kier alpha value is -0.570. The average molecular weight is 213 g/mol. The maximum atomic E-state index is 11.1. The normalized spacial score (nSPS) is 20.5. The molecule has 0 amide bonds. The van der Waals surface area contributed by atoms with Gasteiger partial charge in [-0.15, -0.1) is 0 Å². The van der Waals surface area contributed by atoms with E-state index in [9.17, 15) is 4.79 Å². The fourth-order valence-corrected chi connectivity index (χ4v) is 2.28. The van der Waals surface area contributed by atoms with Gasteiger partial charge in [-0.3, -0.25) is 4.79 Å². The molecular weight excluding hydrogens is 190 g/mol. The van der Waals surface area contributed by atoms with Crippen LogP contribution >= 0.6 is 0 Å². The maximum Gasteiger partial charge on any atom is 0.307 e. The lowest BCUT2D eigenvalue weighted by Gasteiger charge is -2.29. The lowest BCUT2D eigenvalue weighted by Crippen LogP contribution is -2.37. The molecule has 0 spiro atoms. The minimum absolute atomic E-state index is 0.178. The second-order valence-electron chi connectivity index (χ2n) is 5.03. The molecule has 0 saturated carbocycles. The summed E-state index contributed by atoms with van der Waals surface area (Å²) in [6.07, 6.45) is 4.56. The lowest BCUT2D eigenvalue weighted by molar-refractivity contribution is -0.143. The van der Waals surface area contributed by atoms with Gasteiger partial charge in [-0.25, -0.2) is 0 Å². The number of carboxylic acid groups (broad SMARTS) is 1. The van der Waals surface area contributed by atoms with Crippen LogP contribution in [0.3, 0.4) is 0 Å². The predicted octanol–water partition coefficient (Wildman–Crippen LogP) is 2.22. The van der Waals surface area contributed by atoms with Crippen LogP contribution in [0, 0.1) is 11.8 Å². The van der Waals surface area contributed by atoms with Crippen LogP contribution in [0.2, 0.25) is 0 Å². The Labute approximate surface area is 92.5 Å². The Morgan fingerprint density at radius 3 is 2.33 bits per heavy atom. The van der Waals surface area contributed by atoms with Crippen molar-refractivity contribution in [1.82, 2.24) is 4.90 Å². The number of carboxylic acids is 1. The highest BCUT2D eigenvalue weighted by Crippen LogP contribution is 2.16. The molecule has 1 fully saturated rings. The molecule has 0 aromatic rings. The van der Waals surface area contributed by atoms with Crippen molar-refractivity contribution in [2.75, 3.05) is 19.6 Å². The molecule has 0 aliphatic carbocycles. The van der Waals surface area contributed by atoms with Gasteiger partial charge in [-0.05, 0) is 38.3 Å².